The maximum Gasteiger partial charge on any atom is 0.376 e. The van der Waals surface area contributed by atoms with Crippen molar-refractivity contribution in [3.05, 3.63) is 95.2 Å². The highest BCUT2D eigenvalue weighted by Crippen LogP contribution is 2.36. The summed E-state index contributed by atoms with van der Waals surface area (Å²) in [5.41, 5.74) is 5.56. The molecule has 240 valence electrons. The molecule has 12 heteroatoms. The number of aromatic nitrogens is 6. The van der Waals surface area contributed by atoms with Crippen molar-refractivity contribution in [2.75, 3.05) is 26.2 Å². The van der Waals surface area contributed by atoms with E-state index in [0.717, 1.165) is 102 Å². The molecule has 0 aliphatic carbocycles. The molecule has 2 N–H and O–H groups in total. The topological polar surface area (TPSA) is 96.9 Å². The Morgan fingerprint density at radius 3 is 1.62 bits per heavy atom. The molecule has 47 heavy (non-hydrogen) atoms. The Labute approximate surface area is 284 Å². The summed E-state index contributed by atoms with van der Waals surface area (Å²) >= 11 is 12.9. The van der Waals surface area contributed by atoms with Gasteiger partial charge < -0.3 is 24.3 Å². The van der Waals surface area contributed by atoms with Crippen LogP contribution in [0.1, 0.15) is 37.8 Å². The van der Waals surface area contributed by atoms with Crippen molar-refractivity contribution in [3.63, 3.8) is 0 Å². The summed E-state index contributed by atoms with van der Waals surface area (Å²) in [5.74, 6) is 1.79. The van der Waals surface area contributed by atoms with Gasteiger partial charge in [0, 0.05) is 35.6 Å². The van der Waals surface area contributed by atoms with Gasteiger partial charge in [-0.1, -0.05) is 47.5 Å². The summed E-state index contributed by atoms with van der Waals surface area (Å²) in [7, 11) is -0.401. The van der Waals surface area contributed by atoms with E-state index in [2.05, 4.69) is 29.2 Å². The zero-order valence-electron chi connectivity index (χ0n) is 26.3. The molecule has 0 saturated carbocycles. The second kappa shape index (κ2) is 14.1. The van der Waals surface area contributed by atoms with Crippen LogP contribution in [0.2, 0.25) is 16.9 Å². The summed E-state index contributed by atoms with van der Waals surface area (Å²) in [6.45, 7) is 5.59. The summed E-state index contributed by atoms with van der Waals surface area (Å²) < 4.78 is 4.51. The zero-order valence-corrected chi connectivity index (χ0v) is 27.8. The van der Waals surface area contributed by atoms with Crippen LogP contribution in [0.5, 0.6) is 0 Å². The van der Waals surface area contributed by atoms with E-state index in [1.54, 1.807) is 0 Å². The van der Waals surface area contributed by atoms with Crippen molar-refractivity contribution in [3.8, 4) is 22.8 Å². The average molecular weight is 667 g/mol. The molecule has 2 aliphatic rings. The van der Waals surface area contributed by atoms with E-state index in [4.69, 9.17) is 33.2 Å². The molecule has 2 aliphatic heterocycles. The minimum absolute atomic E-state index is 0.293. The third-order valence-corrected chi connectivity index (χ3v) is 9.85. The van der Waals surface area contributed by atoms with Crippen molar-refractivity contribution in [2.24, 2.45) is 0 Å². The predicted molar refractivity (Wildman–Crippen MR) is 191 cm³/mol. The minimum Gasteiger partial charge on any atom is -0.437 e. The highest BCUT2D eigenvalue weighted by atomic mass is 35.5. The van der Waals surface area contributed by atoms with Gasteiger partial charge in [-0.15, -0.1) is 0 Å². The van der Waals surface area contributed by atoms with Gasteiger partial charge in [0.25, 0.3) is 0 Å². The Balaban J connectivity index is 0.000000151. The van der Waals surface area contributed by atoms with Gasteiger partial charge in [-0.25, -0.2) is 19.9 Å². The van der Waals surface area contributed by atoms with Crippen LogP contribution in [0.25, 0.3) is 45.1 Å². The number of benzene rings is 2. The SMILES string of the molecule is CB(O)N1CCC(n2c(-c3ccccc3Cl)nc3cccnc32)CC1.Clc1ccccc1-c1nc2cccnc2n1C1CCNCC1. The molecule has 6 aromatic rings. The van der Waals surface area contributed by atoms with Crippen LogP contribution in [0, 0.1) is 0 Å². The maximum atomic E-state index is 9.81. The molecule has 2 saturated heterocycles. The van der Waals surface area contributed by atoms with E-state index < -0.39 is 7.05 Å². The normalized spacial score (nSPS) is 16.3. The van der Waals surface area contributed by atoms with Crippen LogP contribution in [0.3, 0.4) is 0 Å². The van der Waals surface area contributed by atoms with Crippen molar-refractivity contribution in [1.82, 2.24) is 39.2 Å². The largest absolute Gasteiger partial charge is 0.437 e. The molecular weight excluding hydrogens is 630 g/mol. The Morgan fingerprint density at radius 2 is 1.15 bits per heavy atom. The minimum atomic E-state index is -0.401. The number of halogens is 2. The maximum absolute atomic E-state index is 9.81. The van der Waals surface area contributed by atoms with E-state index in [0.29, 0.717) is 17.1 Å². The van der Waals surface area contributed by atoms with Gasteiger partial charge >= 0.3 is 7.05 Å². The van der Waals surface area contributed by atoms with Gasteiger partial charge in [-0.2, -0.15) is 0 Å². The van der Waals surface area contributed by atoms with Crippen LogP contribution in [-0.4, -0.2) is 72.1 Å². The fourth-order valence-corrected chi connectivity index (χ4v) is 7.24. The Hall–Kier alpha value is -3.80. The number of hydrogen-bond donors (Lipinski definition) is 2. The molecule has 0 radical (unpaired) electrons. The molecule has 2 fully saturated rings. The number of pyridine rings is 2. The van der Waals surface area contributed by atoms with Crippen LogP contribution in [0.4, 0.5) is 0 Å². The third kappa shape index (κ3) is 6.53. The molecular formula is C35H37BCl2N8O. The summed E-state index contributed by atoms with van der Waals surface area (Å²) in [6, 6.07) is 24.2. The van der Waals surface area contributed by atoms with E-state index in [1.807, 2.05) is 92.0 Å². The van der Waals surface area contributed by atoms with Gasteiger partial charge in [0.05, 0.1) is 10.0 Å². The van der Waals surface area contributed by atoms with Crippen molar-refractivity contribution < 1.29 is 5.02 Å². The van der Waals surface area contributed by atoms with Gasteiger partial charge in [-0.05, 0) is 107 Å². The van der Waals surface area contributed by atoms with Crippen LogP contribution in [-0.2, 0) is 0 Å². The van der Waals surface area contributed by atoms with Gasteiger partial charge in [0.15, 0.2) is 11.3 Å². The number of hydrogen-bond acceptors (Lipinski definition) is 7. The first kappa shape index (κ1) is 31.8. The molecule has 9 nitrogen and oxygen atoms in total. The van der Waals surface area contributed by atoms with Gasteiger partial charge in [-0.3, -0.25) is 0 Å². The lowest BCUT2D eigenvalue weighted by Gasteiger charge is -2.34. The Bertz CT molecular complexity index is 1980. The smallest absolute Gasteiger partial charge is 0.376 e. The summed E-state index contributed by atoms with van der Waals surface area (Å²) in [5, 5.41) is 14.7. The first-order valence-corrected chi connectivity index (χ1v) is 17.0. The molecule has 0 amide bonds. The lowest BCUT2D eigenvalue weighted by Crippen LogP contribution is -2.43. The van der Waals surface area contributed by atoms with Crippen LogP contribution >= 0.6 is 23.2 Å². The second-order valence-electron chi connectivity index (χ2n) is 12.1. The van der Waals surface area contributed by atoms with Crippen molar-refractivity contribution in [2.45, 2.75) is 44.6 Å². The number of fused-ring (bicyclic) bond motifs is 2. The summed E-state index contributed by atoms with van der Waals surface area (Å²) in [4.78, 5) is 20.9. The van der Waals surface area contributed by atoms with E-state index >= 15 is 0 Å². The predicted octanol–water partition coefficient (Wildman–Crippen LogP) is 7.18. The quantitative estimate of drug-likeness (QED) is 0.188. The van der Waals surface area contributed by atoms with Gasteiger partial charge in [0.1, 0.15) is 22.7 Å². The molecule has 0 spiro atoms. The number of nitrogens with zero attached hydrogens (tertiary/aromatic N) is 7. The standard InChI is InChI=1S/C18H20BClN4O.C17H17ClN4/c1-19(25)23-11-8-13(9-12-23)24-17(14-5-2-3-6-15(14)20)22-16-7-4-10-21-18(16)24;18-14-5-2-1-4-13(14)16-21-15-6-3-9-20-17(15)22(16)12-7-10-19-11-8-12/h2-7,10,13,25H,8-9,11-12H2,1H3;1-6,9,12,19H,7-8,10-11H2. The summed E-state index contributed by atoms with van der Waals surface area (Å²) in [6.07, 6.45) is 7.70. The lowest BCUT2D eigenvalue weighted by molar-refractivity contribution is 0.255. The molecule has 2 aromatic carbocycles. The third-order valence-electron chi connectivity index (χ3n) is 9.19. The van der Waals surface area contributed by atoms with Crippen LogP contribution in [0.15, 0.2) is 85.2 Å². The van der Waals surface area contributed by atoms with Crippen molar-refractivity contribution in [1.29, 1.82) is 0 Å². The number of nitrogens with one attached hydrogen (secondary N) is 1. The number of imidazole rings is 2. The number of rotatable bonds is 5. The van der Waals surface area contributed by atoms with E-state index in [-0.39, 0.29) is 0 Å². The second-order valence-corrected chi connectivity index (χ2v) is 13.0. The fraction of sp³-hybridized carbons (Fsp3) is 0.314. The van der Waals surface area contributed by atoms with Crippen molar-refractivity contribution >= 4 is 52.6 Å². The molecule has 4 aromatic heterocycles. The van der Waals surface area contributed by atoms with E-state index in [9.17, 15) is 5.02 Å². The number of piperidine rings is 2. The fourth-order valence-electron chi connectivity index (χ4n) is 6.80. The highest BCUT2D eigenvalue weighted by Gasteiger charge is 2.29. The van der Waals surface area contributed by atoms with Gasteiger partial charge in [0.2, 0.25) is 0 Å². The zero-order chi connectivity index (χ0) is 32.3. The molecule has 0 unspecified atom stereocenters. The first-order chi connectivity index (χ1) is 23.0. The highest BCUT2D eigenvalue weighted by molar-refractivity contribution is 6.45. The first-order valence-electron chi connectivity index (χ1n) is 16.3. The van der Waals surface area contributed by atoms with E-state index in [1.165, 1.54) is 0 Å². The molecule has 0 bridgehead atoms. The molecule has 8 rings (SSSR count). The van der Waals surface area contributed by atoms with Crippen LogP contribution < -0.4 is 5.32 Å². The monoisotopic (exact) mass is 666 g/mol. The molecule has 6 heterocycles. The lowest BCUT2D eigenvalue weighted by atomic mass is 9.82. The Morgan fingerprint density at radius 1 is 0.681 bits per heavy atom. The molecule has 0 atom stereocenters. The Kier molecular flexibility index (Phi) is 9.56. The average Bonchev–Trinajstić information content (AvgIpc) is 3.68.